The van der Waals surface area contributed by atoms with Crippen molar-refractivity contribution in [2.45, 2.75) is 44.6 Å². The zero-order chi connectivity index (χ0) is 11.6. The van der Waals surface area contributed by atoms with Gasteiger partial charge in [0.25, 0.3) is 0 Å². The van der Waals surface area contributed by atoms with Crippen molar-refractivity contribution in [3.05, 3.63) is 0 Å². The second-order valence-corrected chi connectivity index (χ2v) is 8.21. The molecule has 3 nitrogen and oxygen atoms in total. The van der Waals surface area contributed by atoms with Crippen LogP contribution < -0.4 is 4.72 Å². The number of sulfonamides is 1. The molecule has 1 N–H and O–H groups in total. The minimum atomic E-state index is -3.08. The predicted molar refractivity (Wildman–Crippen MR) is 63.4 cm³/mol. The largest absolute Gasteiger partial charge is 0.213 e. The van der Waals surface area contributed by atoms with Crippen LogP contribution in [0.15, 0.2) is 0 Å². The highest BCUT2D eigenvalue weighted by Gasteiger charge is 2.55. The van der Waals surface area contributed by atoms with Crippen LogP contribution in [0.3, 0.4) is 0 Å². The van der Waals surface area contributed by atoms with Crippen molar-refractivity contribution in [1.82, 2.24) is 4.72 Å². The Morgan fingerprint density at radius 1 is 1.00 bits per heavy atom. The van der Waals surface area contributed by atoms with Gasteiger partial charge < -0.3 is 0 Å². The maximum atomic E-state index is 11.5. The van der Waals surface area contributed by atoms with Gasteiger partial charge in [-0.2, -0.15) is 0 Å². The summed E-state index contributed by atoms with van der Waals surface area (Å²) in [6.07, 6.45) is 7.67. The third-order valence-corrected chi connectivity index (χ3v) is 6.05. The van der Waals surface area contributed by atoms with Gasteiger partial charge in [-0.05, 0) is 62.7 Å². The van der Waals surface area contributed by atoms with E-state index >= 15 is 0 Å². The van der Waals surface area contributed by atoms with E-state index in [2.05, 4.69) is 11.6 Å². The maximum absolute atomic E-state index is 11.5. The SMILES string of the molecule is CC1(NS(C)(=O)=O)C2CC3CC(C2)CC1C3. The van der Waals surface area contributed by atoms with Crippen LogP contribution >= 0.6 is 0 Å². The molecule has 0 aromatic rings. The standard InChI is InChI=1S/C12H21NO2S/c1-12(13-16(2,14)15)10-4-8-3-9(6-10)7-11(12)5-8/h8-11,13H,3-7H2,1-2H3. The first-order chi connectivity index (χ1) is 7.37. The van der Waals surface area contributed by atoms with Gasteiger partial charge in [0.05, 0.1) is 6.26 Å². The lowest BCUT2D eigenvalue weighted by Crippen LogP contribution is -2.64. The third kappa shape index (κ3) is 1.61. The van der Waals surface area contributed by atoms with Crippen LogP contribution in [-0.4, -0.2) is 20.2 Å². The summed E-state index contributed by atoms with van der Waals surface area (Å²) in [6.45, 7) is 2.14. The Morgan fingerprint density at radius 2 is 1.44 bits per heavy atom. The summed E-state index contributed by atoms with van der Waals surface area (Å²) in [7, 11) is -3.08. The molecule has 0 atom stereocenters. The van der Waals surface area contributed by atoms with E-state index in [1.165, 1.54) is 38.4 Å². The van der Waals surface area contributed by atoms with Crippen molar-refractivity contribution in [2.75, 3.05) is 6.26 Å². The van der Waals surface area contributed by atoms with Crippen LogP contribution in [0.25, 0.3) is 0 Å². The molecule has 92 valence electrons. The lowest BCUT2D eigenvalue weighted by molar-refractivity contribution is -0.0542. The van der Waals surface area contributed by atoms with E-state index in [-0.39, 0.29) is 5.54 Å². The predicted octanol–water partition coefficient (Wildman–Crippen LogP) is 1.75. The number of hydrogen-bond acceptors (Lipinski definition) is 2. The average Bonchev–Trinajstić information content (AvgIpc) is 2.10. The minimum absolute atomic E-state index is 0.152. The first-order valence-corrected chi connectivity index (χ1v) is 8.25. The van der Waals surface area contributed by atoms with E-state index in [1.807, 2.05) is 0 Å². The molecule has 4 rings (SSSR count). The fourth-order valence-electron chi connectivity index (χ4n) is 4.73. The summed E-state index contributed by atoms with van der Waals surface area (Å²) in [6, 6.07) is 0. The summed E-state index contributed by atoms with van der Waals surface area (Å²) >= 11 is 0. The molecule has 4 aliphatic carbocycles. The normalized spacial score (nSPS) is 50.9. The Balaban J connectivity index is 1.90. The molecular weight excluding hydrogens is 222 g/mol. The van der Waals surface area contributed by atoms with Gasteiger partial charge in [-0.3, -0.25) is 0 Å². The molecule has 4 aliphatic rings. The summed E-state index contributed by atoms with van der Waals surface area (Å²) < 4.78 is 26.0. The topological polar surface area (TPSA) is 46.2 Å². The number of nitrogens with one attached hydrogen (secondary N) is 1. The van der Waals surface area contributed by atoms with Gasteiger partial charge in [0.15, 0.2) is 0 Å². The smallest absolute Gasteiger partial charge is 0.209 e. The van der Waals surface area contributed by atoms with E-state index in [9.17, 15) is 8.42 Å². The molecule has 0 heterocycles. The first-order valence-electron chi connectivity index (χ1n) is 6.36. The summed E-state index contributed by atoms with van der Waals surface area (Å²) in [4.78, 5) is 0. The van der Waals surface area contributed by atoms with E-state index in [0.717, 1.165) is 11.8 Å². The fourth-order valence-corrected chi connectivity index (χ4v) is 5.86. The highest BCUT2D eigenvalue weighted by molar-refractivity contribution is 7.88. The first kappa shape index (κ1) is 11.0. The van der Waals surface area contributed by atoms with Crippen LogP contribution in [0.1, 0.15) is 39.0 Å². The summed E-state index contributed by atoms with van der Waals surface area (Å²) in [5.74, 6) is 2.94. The second-order valence-electron chi connectivity index (χ2n) is 6.46. The van der Waals surface area contributed by atoms with Crippen LogP contribution in [0.4, 0.5) is 0 Å². The van der Waals surface area contributed by atoms with Crippen molar-refractivity contribution in [3.8, 4) is 0 Å². The Hall–Kier alpha value is -0.0900. The molecule has 4 heteroatoms. The zero-order valence-electron chi connectivity index (χ0n) is 10.1. The van der Waals surface area contributed by atoms with Crippen LogP contribution in [0, 0.1) is 23.7 Å². The Morgan fingerprint density at radius 3 is 1.81 bits per heavy atom. The Kier molecular flexibility index (Phi) is 2.22. The van der Waals surface area contributed by atoms with E-state index < -0.39 is 10.0 Å². The van der Waals surface area contributed by atoms with Crippen molar-refractivity contribution < 1.29 is 8.42 Å². The van der Waals surface area contributed by atoms with E-state index in [0.29, 0.717) is 11.8 Å². The average molecular weight is 243 g/mol. The number of hydrogen-bond donors (Lipinski definition) is 1. The van der Waals surface area contributed by atoms with Crippen molar-refractivity contribution in [3.63, 3.8) is 0 Å². The molecule has 0 spiro atoms. The summed E-state index contributed by atoms with van der Waals surface area (Å²) in [5, 5.41) is 0. The minimum Gasteiger partial charge on any atom is -0.213 e. The van der Waals surface area contributed by atoms with Gasteiger partial charge in [0.2, 0.25) is 10.0 Å². The number of rotatable bonds is 2. The monoisotopic (exact) mass is 243 g/mol. The van der Waals surface area contributed by atoms with Gasteiger partial charge in [0.1, 0.15) is 0 Å². The molecule has 0 radical (unpaired) electrons. The molecule has 4 fully saturated rings. The quantitative estimate of drug-likeness (QED) is 0.803. The Bertz CT molecular complexity index is 373. The molecule has 0 aromatic carbocycles. The van der Waals surface area contributed by atoms with Crippen LogP contribution in [0.5, 0.6) is 0 Å². The summed E-state index contributed by atoms with van der Waals surface area (Å²) in [5.41, 5.74) is -0.152. The van der Waals surface area contributed by atoms with Crippen molar-refractivity contribution >= 4 is 10.0 Å². The lowest BCUT2D eigenvalue weighted by Gasteiger charge is -2.60. The van der Waals surface area contributed by atoms with Gasteiger partial charge in [-0.25, -0.2) is 13.1 Å². The molecule has 4 saturated carbocycles. The molecule has 0 amide bonds. The highest BCUT2D eigenvalue weighted by Crippen LogP contribution is 2.58. The van der Waals surface area contributed by atoms with Crippen molar-refractivity contribution in [1.29, 1.82) is 0 Å². The maximum Gasteiger partial charge on any atom is 0.209 e. The van der Waals surface area contributed by atoms with Gasteiger partial charge >= 0.3 is 0 Å². The van der Waals surface area contributed by atoms with Crippen LogP contribution in [-0.2, 0) is 10.0 Å². The van der Waals surface area contributed by atoms with Gasteiger partial charge in [-0.15, -0.1) is 0 Å². The molecule has 16 heavy (non-hydrogen) atoms. The van der Waals surface area contributed by atoms with E-state index in [1.54, 1.807) is 0 Å². The Labute approximate surface area is 98.0 Å². The molecule has 0 unspecified atom stereocenters. The third-order valence-electron chi connectivity index (χ3n) is 5.24. The zero-order valence-corrected chi connectivity index (χ0v) is 10.9. The second kappa shape index (κ2) is 3.22. The highest BCUT2D eigenvalue weighted by atomic mass is 32.2. The molecule has 0 aromatic heterocycles. The van der Waals surface area contributed by atoms with Crippen molar-refractivity contribution in [2.24, 2.45) is 23.7 Å². The lowest BCUT2D eigenvalue weighted by atomic mass is 9.49. The molecule has 4 bridgehead atoms. The van der Waals surface area contributed by atoms with Crippen LogP contribution in [0.2, 0.25) is 0 Å². The van der Waals surface area contributed by atoms with Gasteiger partial charge in [-0.1, -0.05) is 0 Å². The van der Waals surface area contributed by atoms with E-state index in [4.69, 9.17) is 0 Å². The molecule has 0 saturated heterocycles. The molecular formula is C12H21NO2S. The van der Waals surface area contributed by atoms with Gasteiger partial charge in [0, 0.05) is 5.54 Å². The molecule has 0 aliphatic heterocycles. The fraction of sp³-hybridized carbons (Fsp3) is 1.00.